The largest absolute Gasteiger partial charge is 0.381 e. The number of aromatic nitrogens is 2. The van der Waals surface area contributed by atoms with Gasteiger partial charge in [0.2, 0.25) is 5.89 Å². The highest BCUT2D eigenvalue weighted by Crippen LogP contribution is 2.36. The highest BCUT2D eigenvalue weighted by atomic mass is 16.5. The standard InChI is InChI=1S/C15H23N3O3/c1-10-16-15(21-17-10)7-13-6-11-8-18(9-14(11)20-13)12-2-4-19-5-3-12/h11-14H,2-9H2,1H3/t11-,13+,14+/m1/s1. The second-order valence-corrected chi connectivity index (χ2v) is 6.53. The number of likely N-dealkylation sites (tertiary alicyclic amines) is 1. The molecule has 0 spiro atoms. The number of rotatable bonds is 3. The van der Waals surface area contributed by atoms with Gasteiger partial charge in [0.25, 0.3) is 0 Å². The molecule has 0 aliphatic carbocycles. The molecule has 4 rings (SSSR count). The maximum Gasteiger partial charge on any atom is 0.229 e. The first-order valence-electron chi connectivity index (χ1n) is 8.04. The first kappa shape index (κ1) is 13.7. The lowest BCUT2D eigenvalue weighted by molar-refractivity contribution is 0.0112. The molecule has 21 heavy (non-hydrogen) atoms. The molecule has 0 N–H and O–H groups in total. The molecule has 0 bridgehead atoms. The quantitative estimate of drug-likeness (QED) is 0.834. The van der Waals surface area contributed by atoms with Crippen molar-refractivity contribution >= 4 is 0 Å². The minimum absolute atomic E-state index is 0.247. The zero-order valence-corrected chi connectivity index (χ0v) is 12.5. The third-order valence-corrected chi connectivity index (χ3v) is 5.02. The summed E-state index contributed by atoms with van der Waals surface area (Å²) in [4.78, 5) is 6.89. The molecule has 3 saturated heterocycles. The van der Waals surface area contributed by atoms with Crippen molar-refractivity contribution in [1.29, 1.82) is 0 Å². The van der Waals surface area contributed by atoms with Crippen LogP contribution in [0.15, 0.2) is 4.52 Å². The molecule has 0 saturated carbocycles. The van der Waals surface area contributed by atoms with Gasteiger partial charge in [-0.05, 0) is 26.2 Å². The van der Waals surface area contributed by atoms with Crippen LogP contribution in [0.5, 0.6) is 0 Å². The van der Waals surface area contributed by atoms with E-state index < -0.39 is 0 Å². The second-order valence-electron chi connectivity index (χ2n) is 6.53. The summed E-state index contributed by atoms with van der Waals surface area (Å²) < 4.78 is 16.9. The van der Waals surface area contributed by atoms with Gasteiger partial charge in [-0.25, -0.2) is 0 Å². The van der Waals surface area contributed by atoms with E-state index in [-0.39, 0.29) is 6.10 Å². The summed E-state index contributed by atoms with van der Waals surface area (Å²) in [6.07, 6.45) is 4.85. The predicted octanol–water partition coefficient (Wildman–Crippen LogP) is 1.19. The van der Waals surface area contributed by atoms with Crippen LogP contribution in [0.2, 0.25) is 0 Å². The molecule has 3 aliphatic rings. The number of aryl methyl sites for hydroxylation is 1. The Balaban J connectivity index is 1.31. The number of hydrogen-bond acceptors (Lipinski definition) is 6. The Hall–Kier alpha value is -0.980. The van der Waals surface area contributed by atoms with Crippen molar-refractivity contribution in [2.24, 2.45) is 5.92 Å². The zero-order chi connectivity index (χ0) is 14.2. The van der Waals surface area contributed by atoms with Crippen molar-refractivity contribution in [3.8, 4) is 0 Å². The van der Waals surface area contributed by atoms with Crippen LogP contribution in [0, 0.1) is 12.8 Å². The van der Waals surface area contributed by atoms with Gasteiger partial charge in [0.15, 0.2) is 5.82 Å². The minimum atomic E-state index is 0.247. The van der Waals surface area contributed by atoms with Crippen LogP contribution in [0.4, 0.5) is 0 Å². The highest BCUT2D eigenvalue weighted by Gasteiger charge is 2.44. The minimum Gasteiger partial charge on any atom is -0.381 e. The van der Waals surface area contributed by atoms with Crippen molar-refractivity contribution in [2.45, 2.75) is 50.9 Å². The Labute approximate surface area is 124 Å². The smallest absolute Gasteiger partial charge is 0.229 e. The third kappa shape index (κ3) is 2.84. The Kier molecular flexibility index (Phi) is 3.69. The Bertz CT molecular complexity index is 472. The molecule has 1 aromatic rings. The Morgan fingerprint density at radius 1 is 1.24 bits per heavy atom. The SMILES string of the molecule is Cc1noc(C[C@@H]2C[C@@H]3CN(C4CCOCC4)C[C@@H]3O2)n1. The summed E-state index contributed by atoms with van der Waals surface area (Å²) in [6, 6.07) is 0.699. The van der Waals surface area contributed by atoms with Crippen molar-refractivity contribution in [3.63, 3.8) is 0 Å². The van der Waals surface area contributed by atoms with E-state index in [9.17, 15) is 0 Å². The summed E-state index contributed by atoms with van der Waals surface area (Å²) in [5.41, 5.74) is 0. The molecule has 6 nitrogen and oxygen atoms in total. The zero-order valence-electron chi connectivity index (χ0n) is 12.5. The number of hydrogen-bond donors (Lipinski definition) is 0. The van der Waals surface area contributed by atoms with Gasteiger partial charge in [-0.15, -0.1) is 0 Å². The van der Waals surface area contributed by atoms with E-state index in [1.165, 1.54) is 19.4 Å². The summed E-state index contributed by atoms with van der Waals surface area (Å²) >= 11 is 0. The number of fused-ring (bicyclic) bond motifs is 1. The second kappa shape index (κ2) is 5.66. The molecule has 1 aromatic heterocycles. The van der Waals surface area contributed by atoms with Gasteiger partial charge in [0.05, 0.1) is 18.6 Å². The van der Waals surface area contributed by atoms with Gasteiger partial charge in [0, 0.05) is 38.3 Å². The molecule has 116 valence electrons. The molecule has 3 atom stereocenters. The topological polar surface area (TPSA) is 60.6 Å². The van der Waals surface area contributed by atoms with E-state index in [1.807, 2.05) is 6.92 Å². The van der Waals surface area contributed by atoms with E-state index in [2.05, 4.69) is 15.0 Å². The number of ether oxygens (including phenoxy) is 2. The lowest BCUT2D eigenvalue weighted by Crippen LogP contribution is -2.39. The monoisotopic (exact) mass is 293 g/mol. The van der Waals surface area contributed by atoms with Crippen LogP contribution in [0.25, 0.3) is 0 Å². The van der Waals surface area contributed by atoms with Gasteiger partial charge in [-0.2, -0.15) is 4.98 Å². The van der Waals surface area contributed by atoms with Crippen LogP contribution in [-0.2, 0) is 15.9 Å². The van der Waals surface area contributed by atoms with Crippen molar-refractivity contribution < 1.29 is 14.0 Å². The predicted molar refractivity (Wildman–Crippen MR) is 74.9 cm³/mol. The summed E-state index contributed by atoms with van der Waals surface area (Å²) in [7, 11) is 0. The van der Waals surface area contributed by atoms with Crippen molar-refractivity contribution in [1.82, 2.24) is 15.0 Å². The van der Waals surface area contributed by atoms with Gasteiger partial charge in [-0.1, -0.05) is 5.16 Å². The third-order valence-electron chi connectivity index (χ3n) is 5.02. The maximum atomic E-state index is 6.22. The molecule has 0 amide bonds. The van der Waals surface area contributed by atoms with Crippen LogP contribution >= 0.6 is 0 Å². The molecule has 4 heterocycles. The molecular weight excluding hydrogens is 270 g/mol. The van der Waals surface area contributed by atoms with Crippen LogP contribution < -0.4 is 0 Å². The fourth-order valence-corrected chi connectivity index (χ4v) is 3.99. The molecule has 6 heteroatoms. The van der Waals surface area contributed by atoms with E-state index in [0.29, 0.717) is 29.8 Å². The van der Waals surface area contributed by atoms with E-state index >= 15 is 0 Å². The average Bonchev–Trinajstić information content (AvgIpc) is 3.15. The summed E-state index contributed by atoms with van der Waals surface area (Å²) in [5, 5.41) is 3.84. The van der Waals surface area contributed by atoms with Crippen LogP contribution in [-0.4, -0.2) is 59.6 Å². The molecular formula is C15H23N3O3. The van der Waals surface area contributed by atoms with Crippen LogP contribution in [0.3, 0.4) is 0 Å². The normalized spacial score (nSPS) is 34.4. The van der Waals surface area contributed by atoms with Gasteiger partial charge in [0.1, 0.15) is 0 Å². The Morgan fingerprint density at radius 3 is 2.81 bits per heavy atom. The maximum absolute atomic E-state index is 6.22. The lowest BCUT2D eigenvalue weighted by atomic mass is 10.0. The van der Waals surface area contributed by atoms with E-state index in [1.54, 1.807) is 0 Å². The van der Waals surface area contributed by atoms with Gasteiger partial charge >= 0.3 is 0 Å². The number of nitrogens with zero attached hydrogens (tertiary/aromatic N) is 3. The molecule has 0 unspecified atom stereocenters. The fraction of sp³-hybridized carbons (Fsp3) is 0.867. The average molecular weight is 293 g/mol. The molecule has 3 fully saturated rings. The Morgan fingerprint density at radius 2 is 2.10 bits per heavy atom. The molecule has 0 aromatic carbocycles. The lowest BCUT2D eigenvalue weighted by Gasteiger charge is -2.31. The summed E-state index contributed by atoms with van der Waals surface area (Å²) in [5.74, 6) is 2.08. The summed E-state index contributed by atoms with van der Waals surface area (Å²) in [6.45, 7) is 5.93. The molecule has 3 aliphatic heterocycles. The van der Waals surface area contributed by atoms with Gasteiger partial charge < -0.3 is 14.0 Å². The molecule has 0 radical (unpaired) electrons. The fourth-order valence-electron chi connectivity index (χ4n) is 3.99. The van der Waals surface area contributed by atoms with Crippen LogP contribution in [0.1, 0.15) is 31.0 Å². The first-order chi connectivity index (χ1) is 10.3. The van der Waals surface area contributed by atoms with Crippen molar-refractivity contribution in [3.05, 3.63) is 11.7 Å². The van der Waals surface area contributed by atoms with E-state index in [0.717, 1.165) is 32.6 Å². The van der Waals surface area contributed by atoms with Gasteiger partial charge in [-0.3, -0.25) is 4.90 Å². The first-order valence-corrected chi connectivity index (χ1v) is 8.04. The van der Waals surface area contributed by atoms with Crippen molar-refractivity contribution in [2.75, 3.05) is 26.3 Å². The van der Waals surface area contributed by atoms with E-state index in [4.69, 9.17) is 14.0 Å². The highest BCUT2D eigenvalue weighted by molar-refractivity contribution is 4.97.